The molecule has 2 nitrogen and oxygen atoms in total. The monoisotopic (exact) mass is 221 g/mol. The lowest BCUT2D eigenvalue weighted by atomic mass is 9.85. The van der Waals surface area contributed by atoms with E-state index in [1.165, 1.54) is 5.56 Å². The van der Waals surface area contributed by atoms with Crippen LogP contribution in [-0.2, 0) is 4.74 Å². The van der Waals surface area contributed by atoms with Gasteiger partial charge in [0.25, 0.3) is 0 Å². The van der Waals surface area contributed by atoms with E-state index in [1.54, 1.807) is 7.11 Å². The van der Waals surface area contributed by atoms with Crippen LogP contribution in [0.2, 0.25) is 0 Å². The molecule has 0 saturated heterocycles. The molecule has 2 heteroatoms. The van der Waals surface area contributed by atoms with Crippen LogP contribution in [0.1, 0.15) is 24.8 Å². The van der Waals surface area contributed by atoms with Crippen LogP contribution in [0.25, 0.3) is 0 Å². The van der Waals surface area contributed by atoms with Gasteiger partial charge in [-0.2, -0.15) is 0 Å². The molecule has 0 radical (unpaired) electrons. The average Bonchev–Trinajstić information content (AvgIpc) is 2.34. The smallest absolute Gasteiger partial charge is 0.0465 e. The first-order valence-corrected chi connectivity index (χ1v) is 5.98. The first-order chi connectivity index (χ1) is 7.79. The first kappa shape index (κ1) is 13.2. The van der Waals surface area contributed by atoms with E-state index in [0.717, 1.165) is 19.6 Å². The van der Waals surface area contributed by atoms with E-state index in [0.29, 0.717) is 11.8 Å². The van der Waals surface area contributed by atoms with Crippen LogP contribution >= 0.6 is 0 Å². The Labute approximate surface area is 99.0 Å². The molecule has 2 atom stereocenters. The lowest BCUT2D eigenvalue weighted by molar-refractivity contribution is 0.174. The fourth-order valence-corrected chi connectivity index (χ4v) is 2.07. The van der Waals surface area contributed by atoms with Crippen LogP contribution in [0.4, 0.5) is 0 Å². The van der Waals surface area contributed by atoms with Gasteiger partial charge in [0.2, 0.25) is 0 Å². The largest absolute Gasteiger partial charge is 0.385 e. The summed E-state index contributed by atoms with van der Waals surface area (Å²) in [7, 11) is 3.78. The zero-order valence-corrected chi connectivity index (χ0v) is 10.6. The van der Waals surface area contributed by atoms with Gasteiger partial charge in [-0.25, -0.2) is 0 Å². The highest BCUT2D eigenvalue weighted by atomic mass is 16.5. The second kappa shape index (κ2) is 7.42. The van der Waals surface area contributed by atoms with Gasteiger partial charge in [0.05, 0.1) is 0 Å². The maximum atomic E-state index is 5.16. The maximum absolute atomic E-state index is 5.16. The van der Waals surface area contributed by atoms with Crippen molar-refractivity contribution in [2.24, 2.45) is 5.92 Å². The molecule has 0 bridgehead atoms. The Morgan fingerprint density at radius 1 is 1.25 bits per heavy atom. The number of hydrogen-bond donors (Lipinski definition) is 1. The Bertz CT molecular complexity index is 273. The molecular formula is C14H23NO. The van der Waals surface area contributed by atoms with E-state index in [9.17, 15) is 0 Å². The fourth-order valence-electron chi connectivity index (χ4n) is 2.07. The van der Waals surface area contributed by atoms with Crippen LogP contribution < -0.4 is 5.32 Å². The van der Waals surface area contributed by atoms with Gasteiger partial charge in [-0.1, -0.05) is 37.3 Å². The zero-order chi connectivity index (χ0) is 11.8. The molecule has 1 N–H and O–H groups in total. The van der Waals surface area contributed by atoms with Gasteiger partial charge in [0.1, 0.15) is 0 Å². The topological polar surface area (TPSA) is 21.3 Å². The van der Waals surface area contributed by atoms with Gasteiger partial charge in [-0.05, 0) is 30.9 Å². The third-order valence-electron chi connectivity index (χ3n) is 3.12. The Hall–Kier alpha value is -0.860. The number of likely N-dealkylation sites (N-methyl/N-ethyl adjacent to an activating group) is 1. The standard InChI is InChI=1S/C14H23NO/c1-12(9-10-16-3)14(11-15-2)13-7-5-4-6-8-13/h4-8,12,14-15H,9-11H2,1-3H3. The van der Waals surface area contributed by atoms with Crippen molar-refractivity contribution in [2.45, 2.75) is 19.3 Å². The SMILES string of the molecule is CNCC(c1ccccc1)C(C)CCOC. The molecule has 0 saturated carbocycles. The molecule has 16 heavy (non-hydrogen) atoms. The van der Waals surface area contributed by atoms with Crippen molar-refractivity contribution in [3.63, 3.8) is 0 Å². The first-order valence-electron chi connectivity index (χ1n) is 5.98. The normalized spacial score (nSPS) is 14.7. The number of hydrogen-bond acceptors (Lipinski definition) is 2. The molecule has 0 aliphatic heterocycles. The summed E-state index contributed by atoms with van der Waals surface area (Å²) in [6.45, 7) is 4.16. The van der Waals surface area contributed by atoms with Crippen molar-refractivity contribution >= 4 is 0 Å². The molecule has 0 fully saturated rings. The van der Waals surface area contributed by atoms with Crippen LogP contribution in [0.5, 0.6) is 0 Å². The molecule has 1 aromatic carbocycles. The van der Waals surface area contributed by atoms with Gasteiger partial charge in [0, 0.05) is 20.3 Å². The van der Waals surface area contributed by atoms with E-state index in [-0.39, 0.29) is 0 Å². The highest BCUT2D eigenvalue weighted by molar-refractivity contribution is 5.20. The summed E-state index contributed by atoms with van der Waals surface area (Å²) in [5, 5.41) is 3.28. The Morgan fingerprint density at radius 3 is 2.50 bits per heavy atom. The van der Waals surface area contributed by atoms with Crippen LogP contribution in [0, 0.1) is 5.92 Å². The summed E-state index contributed by atoms with van der Waals surface area (Å²) in [6, 6.07) is 10.7. The summed E-state index contributed by atoms with van der Waals surface area (Å²) in [6.07, 6.45) is 1.11. The van der Waals surface area contributed by atoms with Crippen LogP contribution in [0.15, 0.2) is 30.3 Å². The minimum absolute atomic E-state index is 0.571. The predicted molar refractivity (Wildman–Crippen MR) is 68.8 cm³/mol. The van der Waals surface area contributed by atoms with Gasteiger partial charge < -0.3 is 10.1 Å². The highest BCUT2D eigenvalue weighted by Gasteiger charge is 2.17. The van der Waals surface area contributed by atoms with E-state index >= 15 is 0 Å². The minimum atomic E-state index is 0.571. The Kier molecular flexibility index (Phi) is 6.12. The fraction of sp³-hybridized carbons (Fsp3) is 0.571. The summed E-state index contributed by atoms with van der Waals surface area (Å²) < 4.78 is 5.16. The van der Waals surface area contributed by atoms with Crippen molar-refractivity contribution in [3.05, 3.63) is 35.9 Å². The maximum Gasteiger partial charge on any atom is 0.0465 e. The number of rotatable bonds is 7. The molecule has 0 aliphatic rings. The molecule has 0 aliphatic carbocycles. The lowest BCUT2D eigenvalue weighted by Gasteiger charge is -2.24. The van der Waals surface area contributed by atoms with Gasteiger partial charge in [0.15, 0.2) is 0 Å². The summed E-state index contributed by atoms with van der Waals surface area (Å²) in [5.41, 5.74) is 1.42. The van der Waals surface area contributed by atoms with Crippen molar-refractivity contribution in [3.8, 4) is 0 Å². The highest BCUT2D eigenvalue weighted by Crippen LogP contribution is 2.26. The molecule has 0 heterocycles. The lowest BCUT2D eigenvalue weighted by Crippen LogP contribution is -2.23. The Balaban J connectivity index is 2.66. The summed E-state index contributed by atoms with van der Waals surface area (Å²) in [5.74, 6) is 1.20. The van der Waals surface area contributed by atoms with E-state index in [1.807, 2.05) is 7.05 Å². The molecule has 0 amide bonds. The Morgan fingerprint density at radius 2 is 1.94 bits per heavy atom. The predicted octanol–water partition coefficient (Wildman–Crippen LogP) is 2.66. The summed E-state index contributed by atoms with van der Waals surface area (Å²) >= 11 is 0. The second-order valence-corrected chi connectivity index (χ2v) is 4.33. The van der Waals surface area contributed by atoms with Crippen molar-refractivity contribution < 1.29 is 4.74 Å². The van der Waals surface area contributed by atoms with Crippen molar-refractivity contribution in [2.75, 3.05) is 27.3 Å². The molecule has 0 aromatic heterocycles. The molecule has 90 valence electrons. The van der Waals surface area contributed by atoms with E-state index < -0.39 is 0 Å². The molecule has 2 unspecified atom stereocenters. The third-order valence-corrected chi connectivity index (χ3v) is 3.12. The average molecular weight is 221 g/mol. The van der Waals surface area contributed by atoms with Gasteiger partial charge in [-0.15, -0.1) is 0 Å². The number of ether oxygens (including phenoxy) is 1. The molecule has 1 rings (SSSR count). The number of nitrogens with one attached hydrogen (secondary N) is 1. The summed E-state index contributed by atoms with van der Waals surface area (Å²) in [4.78, 5) is 0. The minimum Gasteiger partial charge on any atom is -0.385 e. The quantitative estimate of drug-likeness (QED) is 0.764. The zero-order valence-electron chi connectivity index (χ0n) is 10.6. The van der Waals surface area contributed by atoms with E-state index in [4.69, 9.17) is 4.74 Å². The van der Waals surface area contributed by atoms with Crippen LogP contribution in [-0.4, -0.2) is 27.3 Å². The van der Waals surface area contributed by atoms with Crippen molar-refractivity contribution in [1.29, 1.82) is 0 Å². The molecular weight excluding hydrogens is 198 g/mol. The molecule has 1 aromatic rings. The number of benzene rings is 1. The van der Waals surface area contributed by atoms with Crippen molar-refractivity contribution in [1.82, 2.24) is 5.32 Å². The second-order valence-electron chi connectivity index (χ2n) is 4.33. The van der Waals surface area contributed by atoms with E-state index in [2.05, 4.69) is 42.6 Å². The number of methoxy groups -OCH3 is 1. The third kappa shape index (κ3) is 3.95. The molecule has 0 spiro atoms. The van der Waals surface area contributed by atoms with Gasteiger partial charge in [-0.3, -0.25) is 0 Å². The van der Waals surface area contributed by atoms with Gasteiger partial charge >= 0.3 is 0 Å². The van der Waals surface area contributed by atoms with Crippen LogP contribution in [0.3, 0.4) is 0 Å².